The molecule has 0 spiro atoms. The maximum atomic E-state index is 14.0. The molecule has 0 unspecified atom stereocenters. The van der Waals surface area contributed by atoms with E-state index < -0.39 is 0 Å². The lowest BCUT2D eigenvalue weighted by Crippen LogP contribution is -2.07. The topological polar surface area (TPSA) is 29.9 Å². The number of rotatable bonds is 3. The first kappa shape index (κ1) is 11.8. The Hall–Kier alpha value is -1.68. The van der Waals surface area contributed by atoms with Crippen LogP contribution >= 0.6 is 0 Å². The fraction of sp³-hybridized carbons (Fsp3) is 0.308. The van der Waals surface area contributed by atoms with E-state index in [1.165, 1.54) is 0 Å². The summed E-state index contributed by atoms with van der Waals surface area (Å²) >= 11 is 0. The Balaban J connectivity index is 2.43. The Morgan fingerprint density at radius 1 is 1.29 bits per heavy atom. The van der Waals surface area contributed by atoms with E-state index >= 15 is 0 Å². The zero-order valence-corrected chi connectivity index (χ0v) is 10.3. The summed E-state index contributed by atoms with van der Waals surface area (Å²) in [7, 11) is 1.84. The van der Waals surface area contributed by atoms with E-state index in [1.807, 2.05) is 33.0 Å². The van der Waals surface area contributed by atoms with Crippen LogP contribution in [0.3, 0.4) is 0 Å². The molecule has 1 aromatic heterocycles. The molecule has 0 amide bonds. The van der Waals surface area contributed by atoms with Crippen molar-refractivity contribution in [1.29, 1.82) is 0 Å². The molecule has 4 heteroatoms. The molecule has 90 valence electrons. The van der Waals surface area contributed by atoms with Crippen LogP contribution < -0.4 is 5.32 Å². The second kappa shape index (κ2) is 4.67. The van der Waals surface area contributed by atoms with Gasteiger partial charge in [0.05, 0.1) is 5.69 Å². The van der Waals surface area contributed by atoms with Gasteiger partial charge in [0.25, 0.3) is 0 Å². The van der Waals surface area contributed by atoms with Gasteiger partial charge in [-0.25, -0.2) is 9.07 Å². The van der Waals surface area contributed by atoms with Crippen molar-refractivity contribution in [3.05, 3.63) is 47.0 Å². The third kappa shape index (κ3) is 2.36. The molecule has 0 atom stereocenters. The lowest BCUT2D eigenvalue weighted by Gasteiger charge is -2.07. The van der Waals surface area contributed by atoms with Crippen LogP contribution in [0, 0.1) is 19.7 Å². The zero-order chi connectivity index (χ0) is 12.4. The molecular weight excluding hydrogens is 217 g/mol. The zero-order valence-electron chi connectivity index (χ0n) is 10.3. The van der Waals surface area contributed by atoms with Crippen molar-refractivity contribution in [2.75, 3.05) is 7.05 Å². The fourth-order valence-electron chi connectivity index (χ4n) is 1.91. The normalized spacial score (nSPS) is 10.8. The van der Waals surface area contributed by atoms with Crippen LogP contribution in [0.25, 0.3) is 5.69 Å². The van der Waals surface area contributed by atoms with Gasteiger partial charge < -0.3 is 5.32 Å². The van der Waals surface area contributed by atoms with Crippen molar-refractivity contribution in [3.8, 4) is 5.69 Å². The highest BCUT2D eigenvalue weighted by atomic mass is 19.1. The van der Waals surface area contributed by atoms with E-state index in [0.29, 0.717) is 12.2 Å². The van der Waals surface area contributed by atoms with Crippen molar-refractivity contribution in [2.45, 2.75) is 20.4 Å². The number of nitrogens with one attached hydrogen (secondary N) is 1. The number of aryl methyl sites for hydroxylation is 2. The largest absolute Gasteiger partial charge is 0.316 e. The maximum absolute atomic E-state index is 14.0. The first-order valence-electron chi connectivity index (χ1n) is 5.58. The van der Waals surface area contributed by atoms with Crippen LogP contribution in [0.1, 0.15) is 17.0 Å². The van der Waals surface area contributed by atoms with E-state index in [4.69, 9.17) is 0 Å². The van der Waals surface area contributed by atoms with Gasteiger partial charge >= 0.3 is 0 Å². The molecule has 1 N–H and O–H groups in total. The Morgan fingerprint density at radius 3 is 2.59 bits per heavy atom. The predicted molar refractivity (Wildman–Crippen MR) is 65.8 cm³/mol. The minimum absolute atomic E-state index is 0.246. The molecule has 0 aliphatic rings. The molecule has 0 saturated carbocycles. The Morgan fingerprint density at radius 2 is 2.06 bits per heavy atom. The van der Waals surface area contributed by atoms with Crippen LogP contribution in [-0.2, 0) is 6.54 Å². The van der Waals surface area contributed by atoms with Gasteiger partial charge in [0.2, 0.25) is 0 Å². The molecule has 0 saturated heterocycles. The van der Waals surface area contributed by atoms with Crippen LogP contribution in [0.5, 0.6) is 0 Å². The second-order valence-electron chi connectivity index (χ2n) is 4.15. The summed E-state index contributed by atoms with van der Waals surface area (Å²) in [5, 5.41) is 7.27. The van der Waals surface area contributed by atoms with Crippen LogP contribution in [0.4, 0.5) is 4.39 Å². The van der Waals surface area contributed by atoms with Crippen molar-refractivity contribution in [3.63, 3.8) is 0 Å². The summed E-state index contributed by atoms with van der Waals surface area (Å²) in [6.45, 7) is 4.48. The first-order valence-corrected chi connectivity index (χ1v) is 5.58. The second-order valence-corrected chi connectivity index (χ2v) is 4.15. The number of benzene rings is 1. The predicted octanol–water partition coefficient (Wildman–Crippen LogP) is 2.35. The molecule has 2 rings (SSSR count). The van der Waals surface area contributed by atoms with Crippen molar-refractivity contribution in [2.24, 2.45) is 0 Å². The highest BCUT2D eigenvalue weighted by Gasteiger charge is 2.09. The Bertz CT molecular complexity index is 531. The molecular formula is C13H16FN3. The molecule has 0 radical (unpaired) electrons. The minimum Gasteiger partial charge on any atom is -0.316 e. The van der Waals surface area contributed by atoms with E-state index in [1.54, 1.807) is 16.8 Å². The summed E-state index contributed by atoms with van der Waals surface area (Å²) in [6, 6.07) is 7.15. The smallest absolute Gasteiger partial charge is 0.149 e. The van der Waals surface area contributed by atoms with Crippen LogP contribution in [0.2, 0.25) is 0 Å². The quantitative estimate of drug-likeness (QED) is 0.882. The monoisotopic (exact) mass is 233 g/mol. The van der Waals surface area contributed by atoms with Crippen LogP contribution in [-0.4, -0.2) is 16.8 Å². The molecule has 0 fully saturated rings. The van der Waals surface area contributed by atoms with Gasteiger partial charge in [-0.1, -0.05) is 6.07 Å². The molecule has 1 heterocycles. The fourth-order valence-corrected chi connectivity index (χ4v) is 1.91. The molecule has 3 nitrogen and oxygen atoms in total. The lowest BCUT2D eigenvalue weighted by atomic mass is 10.2. The Labute approximate surface area is 100 Å². The summed E-state index contributed by atoms with van der Waals surface area (Å²) in [5.74, 6) is -0.246. The average Bonchev–Trinajstić information content (AvgIpc) is 2.58. The summed E-state index contributed by atoms with van der Waals surface area (Å²) in [4.78, 5) is 0. The van der Waals surface area contributed by atoms with E-state index in [0.717, 1.165) is 17.0 Å². The first-order chi connectivity index (χ1) is 8.11. The highest BCUT2D eigenvalue weighted by Crippen LogP contribution is 2.17. The maximum Gasteiger partial charge on any atom is 0.149 e. The van der Waals surface area contributed by atoms with Crippen molar-refractivity contribution in [1.82, 2.24) is 15.1 Å². The number of hydrogen-bond donors (Lipinski definition) is 1. The highest BCUT2D eigenvalue weighted by molar-refractivity contribution is 5.37. The van der Waals surface area contributed by atoms with Crippen molar-refractivity contribution < 1.29 is 4.39 Å². The Kier molecular flexibility index (Phi) is 3.24. The van der Waals surface area contributed by atoms with Crippen molar-refractivity contribution >= 4 is 0 Å². The summed E-state index contributed by atoms with van der Waals surface area (Å²) in [5.41, 5.74) is 3.25. The van der Waals surface area contributed by atoms with Gasteiger partial charge in [-0.05, 0) is 44.7 Å². The summed E-state index contributed by atoms with van der Waals surface area (Å²) < 4.78 is 15.6. The number of aromatic nitrogens is 2. The molecule has 0 aliphatic heterocycles. The minimum atomic E-state index is -0.246. The SMILES string of the molecule is CNCc1ccc(-n2nc(C)cc2C)c(F)c1. The number of halogens is 1. The standard InChI is InChI=1S/C13H16FN3/c1-9-6-10(2)17(16-9)13-5-4-11(8-15-3)7-12(13)14/h4-7,15H,8H2,1-3H3. The van der Waals surface area contributed by atoms with E-state index in [2.05, 4.69) is 10.4 Å². The van der Waals surface area contributed by atoms with Gasteiger partial charge in [0, 0.05) is 12.2 Å². The molecule has 0 bridgehead atoms. The van der Waals surface area contributed by atoms with Gasteiger partial charge in [0.15, 0.2) is 0 Å². The third-order valence-electron chi connectivity index (χ3n) is 2.63. The van der Waals surface area contributed by atoms with Gasteiger partial charge in [0.1, 0.15) is 11.5 Å². The number of nitrogens with zero attached hydrogens (tertiary/aromatic N) is 2. The van der Waals surface area contributed by atoms with Gasteiger partial charge in [-0.15, -0.1) is 0 Å². The molecule has 17 heavy (non-hydrogen) atoms. The van der Waals surface area contributed by atoms with E-state index in [9.17, 15) is 4.39 Å². The summed E-state index contributed by atoms with van der Waals surface area (Å²) in [6.07, 6.45) is 0. The van der Waals surface area contributed by atoms with Gasteiger partial charge in [-0.2, -0.15) is 5.10 Å². The van der Waals surface area contributed by atoms with Gasteiger partial charge in [-0.3, -0.25) is 0 Å². The average molecular weight is 233 g/mol. The molecule has 2 aromatic rings. The molecule has 0 aliphatic carbocycles. The van der Waals surface area contributed by atoms with Crippen LogP contribution in [0.15, 0.2) is 24.3 Å². The third-order valence-corrected chi connectivity index (χ3v) is 2.63. The molecule has 1 aromatic carbocycles. The van der Waals surface area contributed by atoms with E-state index in [-0.39, 0.29) is 5.82 Å². The lowest BCUT2D eigenvalue weighted by molar-refractivity contribution is 0.604. The number of hydrogen-bond acceptors (Lipinski definition) is 2.